The summed E-state index contributed by atoms with van der Waals surface area (Å²) in [5, 5.41) is 4.25. The van der Waals surface area contributed by atoms with Gasteiger partial charge in [-0.1, -0.05) is 36.2 Å². The molecule has 0 unspecified atom stereocenters. The quantitative estimate of drug-likeness (QED) is 0.898. The largest absolute Gasteiger partial charge is 0.355 e. The zero-order valence-electron chi connectivity index (χ0n) is 12.4. The van der Waals surface area contributed by atoms with Gasteiger partial charge in [0.25, 0.3) is 0 Å². The molecule has 0 aliphatic carbocycles. The summed E-state index contributed by atoms with van der Waals surface area (Å²) in [7, 11) is 0. The number of rotatable bonds is 5. The van der Waals surface area contributed by atoms with Crippen LogP contribution < -0.4 is 5.32 Å². The SMILES string of the molecule is C[C@@H]1CCCN(CC(=O)NCCc2ccc(Cl)cc2Cl)C1. The van der Waals surface area contributed by atoms with Gasteiger partial charge in [-0.25, -0.2) is 0 Å². The Bertz CT molecular complexity index is 493. The van der Waals surface area contributed by atoms with E-state index in [1.807, 2.05) is 12.1 Å². The number of amides is 1. The van der Waals surface area contributed by atoms with E-state index in [1.54, 1.807) is 6.07 Å². The van der Waals surface area contributed by atoms with E-state index >= 15 is 0 Å². The topological polar surface area (TPSA) is 32.3 Å². The summed E-state index contributed by atoms with van der Waals surface area (Å²) >= 11 is 12.0. The molecule has 1 aromatic carbocycles. The highest BCUT2D eigenvalue weighted by atomic mass is 35.5. The van der Waals surface area contributed by atoms with Gasteiger partial charge >= 0.3 is 0 Å². The molecule has 2 rings (SSSR count). The van der Waals surface area contributed by atoms with Crippen LogP contribution in [0.25, 0.3) is 0 Å². The molecule has 0 bridgehead atoms. The summed E-state index contributed by atoms with van der Waals surface area (Å²) in [5.41, 5.74) is 1.01. The van der Waals surface area contributed by atoms with Gasteiger partial charge in [-0.2, -0.15) is 0 Å². The average molecular weight is 329 g/mol. The molecule has 3 nitrogen and oxygen atoms in total. The Kier molecular flexibility index (Phi) is 6.34. The predicted octanol–water partition coefficient (Wildman–Crippen LogP) is 3.38. The van der Waals surface area contributed by atoms with Crippen molar-refractivity contribution in [2.45, 2.75) is 26.2 Å². The Morgan fingerprint density at radius 2 is 2.24 bits per heavy atom. The van der Waals surface area contributed by atoms with Crippen LogP contribution in [0.5, 0.6) is 0 Å². The molecule has 1 amide bonds. The van der Waals surface area contributed by atoms with Crippen LogP contribution in [0.3, 0.4) is 0 Å². The second kappa shape index (κ2) is 8.02. The van der Waals surface area contributed by atoms with E-state index in [4.69, 9.17) is 23.2 Å². The van der Waals surface area contributed by atoms with E-state index in [1.165, 1.54) is 12.8 Å². The lowest BCUT2D eigenvalue weighted by molar-refractivity contribution is -0.122. The molecule has 21 heavy (non-hydrogen) atoms. The first-order chi connectivity index (χ1) is 10.0. The van der Waals surface area contributed by atoms with Crippen LogP contribution in [0.2, 0.25) is 10.0 Å². The van der Waals surface area contributed by atoms with Gasteiger partial charge in [-0.15, -0.1) is 0 Å². The maximum absolute atomic E-state index is 11.9. The van der Waals surface area contributed by atoms with Crippen molar-refractivity contribution in [3.63, 3.8) is 0 Å². The van der Waals surface area contributed by atoms with Gasteiger partial charge in [0.2, 0.25) is 5.91 Å². The summed E-state index contributed by atoms with van der Waals surface area (Å²) < 4.78 is 0. The molecule has 1 aromatic rings. The maximum Gasteiger partial charge on any atom is 0.234 e. The Hall–Kier alpha value is -0.770. The molecular weight excluding hydrogens is 307 g/mol. The molecule has 1 aliphatic heterocycles. The Morgan fingerprint density at radius 3 is 2.95 bits per heavy atom. The van der Waals surface area contributed by atoms with Crippen LogP contribution in [0.15, 0.2) is 18.2 Å². The lowest BCUT2D eigenvalue weighted by Gasteiger charge is -2.30. The molecule has 1 saturated heterocycles. The normalized spacial score (nSPS) is 19.5. The zero-order valence-corrected chi connectivity index (χ0v) is 13.9. The molecule has 0 spiro atoms. The Balaban J connectivity index is 1.71. The highest BCUT2D eigenvalue weighted by Gasteiger charge is 2.18. The molecule has 5 heteroatoms. The van der Waals surface area contributed by atoms with E-state index in [-0.39, 0.29) is 5.91 Å². The van der Waals surface area contributed by atoms with Crippen molar-refractivity contribution in [3.8, 4) is 0 Å². The molecule has 1 atom stereocenters. The fourth-order valence-corrected chi connectivity index (χ4v) is 3.25. The fraction of sp³-hybridized carbons (Fsp3) is 0.562. The number of benzene rings is 1. The highest BCUT2D eigenvalue weighted by Crippen LogP contribution is 2.21. The van der Waals surface area contributed by atoms with Crippen LogP contribution >= 0.6 is 23.2 Å². The van der Waals surface area contributed by atoms with E-state index < -0.39 is 0 Å². The van der Waals surface area contributed by atoms with E-state index in [0.29, 0.717) is 29.1 Å². The number of likely N-dealkylation sites (tertiary alicyclic amines) is 1. The van der Waals surface area contributed by atoms with Crippen molar-refractivity contribution in [3.05, 3.63) is 33.8 Å². The third-order valence-electron chi connectivity index (χ3n) is 3.84. The first kappa shape index (κ1) is 16.6. The van der Waals surface area contributed by atoms with Gasteiger partial charge in [0.05, 0.1) is 6.54 Å². The number of nitrogens with one attached hydrogen (secondary N) is 1. The van der Waals surface area contributed by atoms with Crippen molar-refractivity contribution in [1.29, 1.82) is 0 Å². The summed E-state index contributed by atoms with van der Waals surface area (Å²) in [5.74, 6) is 0.786. The molecule has 1 heterocycles. The van der Waals surface area contributed by atoms with Crippen molar-refractivity contribution in [1.82, 2.24) is 10.2 Å². The molecule has 116 valence electrons. The highest BCUT2D eigenvalue weighted by molar-refractivity contribution is 6.35. The number of hydrogen-bond donors (Lipinski definition) is 1. The van der Waals surface area contributed by atoms with Crippen molar-refractivity contribution >= 4 is 29.1 Å². The number of hydrogen-bond acceptors (Lipinski definition) is 2. The molecule has 1 fully saturated rings. The maximum atomic E-state index is 11.9. The Labute approximate surface area is 136 Å². The second-order valence-corrected chi connectivity index (χ2v) is 6.66. The number of carbonyl (C=O) groups excluding carboxylic acids is 1. The second-order valence-electron chi connectivity index (χ2n) is 5.82. The Morgan fingerprint density at radius 1 is 1.43 bits per heavy atom. The lowest BCUT2D eigenvalue weighted by Crippen LogP contribution is -2.42. The van der Waals surface area contributed by atoms with Crippen molar-refractivity contribution in [2.75, 3.05) is 26.2 Å². The average Bonchev–Trinajstić information content (AvgIpc) is 2.41. The molecule has 0 saturated carbocycles. The minimum Gasteiger partial charge on any atom is -0.355 e. The summed E-state index contributed by atoms with van der Waals surface area (Å²) in [6.45, 7) is 5.39. The summed E-state index contributed by atoms with van der Waals surface area (Å²) in [6, 6.07) is 5.46. The van der Waals surface area contributed by atoms with Crippen molar-refractivity contribution in [2.24, 2.45) is 5.92 Å². The molecule has 1 aliphatic rings. The monoisotopic (exact) mass is 328 g/mol. The van der Waals surface area contributed by atoms with Crippen LogP contribution in [0, 0.1) is 5.92 Å². The van der Waals surface area contributed by atoms with Gasteiger partial charge in [0.1, 0.15) is 0 Å². The van der Waals surface area contributed by atoms with E-state index in [0.717, 1.165) is 25.1 Å². The first-order valence-corrected chi connectivity index (χ1v) is 8.23. The molecular formula is C16H22Cl2N2O. The van der Waals surface area contributed by atoms with Gasteiger partial charge in [-0.05, 0) is 49.4 Å². The number of halogens is 2. The van der Waals surface area contributed by atoms with Gasteiger partial charge in [0, 0.05) is 23.1 Å². The standard InChI is InChI=1S/C16H22Cl2N2O/c1-12-3-2-8-20(10-12)11-16(21)19-7-6-13-4-5-14(17)9-15(13)18/h4-5,9,12H,2-3,6-8,10-11H2,1H3,(H,19,21)/t12-/m1/s1. The smallest absolute Gasteiger partial charge is 0.234 e. The van der Waals surface area contributed by atoms with Gasteiger partial charge < -0.3 is 5.32 Å². The lowest BCUT2D eigenvalue weighted by atomic mass is 10.0. The summed E-state index contributed by atoms with van der Waals surface area (Å²) in [4.78, 5) is 14.2. The molecule has 0 radical (unpaired) electrons. The molecule has 1 N–H and O–H groups in total. The zero-order chi connectivity index (χ0) is 15.2. The number of piperidine rings is 1. The minimum atomic E-state index is 0.0918. The number of nitrogens with zero attached hydrogens (tertiary/aromatic N) is 1. The van der Waals surface area contributed by atoms with Crippen molar-refractivity contribution < 1.29 is 4.79 Å². The van der Waals surface area contributed by atoms with E-state index in [2.05, 4.69) is 17.1 Å². The fourth-order valence-electron chi connectivity index (χ4n) is 2.75. The third-order valence-corrected chi connectivity index (χ3v) is 4.43. The third kappa shape index (κ3) is 5.50. The van der Waals surface area contributed by atoms with Crippen LogP contribution in [0.1, 0.15) is 25.3 Å². The van der Waals surface area contributed by atoms with E-state index in [9.17, 15) is 4.79 Å². The van der Waals surface area contributed by atoms with Crippen LogP contribution in [0.4, 0.5) is 0 Å². The predicted molar refractivity (Wildman–Crippen MR) is 88.0 cm³/mol. The van der Waals surface area contributed by atoms with Crippen LogP contribution in [-0.2, 0) is 11.2 Å². The minimum absolute atomic E-state index is 0.0918. The summed E-state index contributed by atoms with van der Waals surface area (Å²) in [6.07, 6.45) is 3.18. The first-order valence-electron chi connectivity index (χ1n) is 7.47. The molecule has 0 aromatic heterocycles. The van der Waals surface area contributed by atoms with Gasteiger partial charge in [-0.3, -0.25) is 9.69 Å². The van der Waals surface area contributed by atoms with Crippen LogP contribution in [-0.4, -0.2) is 37.0 Å². The van der Waals surface area contributed by atoms with Gasteiger partial charge in [0.15, 0.2) is 0 Å². The number of carbonyl (C=O) groups is 1.